The summed E-state index contributed by atoms with van der Waals surface area (Å²) in [7, 11) is 0. The Morgan fingerprint density at radius 1 is 1.07 bits per heavy atom. The van der Waals surface area contributed by atoms with Crippen molar-refractivity contribution in [2.24, 2.45) is 0 Å². The van der Waals surface area contributed by atoms with Crippen molar-refractivity contribution in [3.05, 3.63) is 0 Å². The smallest absolute Gasteiger partial charge is 0.218 e. The minimum atomic E-state index is 0.875. The molecule has 0 fully saturated rings. The zero-order valence-electron chi connectivity index (χ0n) is 9.25. The summed E-state index contributed by atoms with van der Waals surface area (Å²) in [4.78, 5) is 10.3. The number of nitrogens with zero attached hydrogens (tertiary/aromatic N) is 1. The monoisotopic (exact) mass is 321 g/mol. The number of terminal acetylenes is 1. The highest BCUT2D eigenvalue weighted by atomic mass is 127. The van der Waals surface area contributed by atoms with Crippen LogP contribution in [0.15, 0.2) is 0 Å². The molecule has 0 saturated carbocycles. The Bertz CT molecular complexity index is 189. The van der Waals surface area contributed by atoms with Crippen LogP contribution in [0, 0.1) is 12.3 Å². The van der Waals surface area contributed by atoms with Crippen molar-refractivity contribution >= 4 is 29.3 Å². The third-order valence-corrected chi connectivity index (χ3v) is 3.02. The van der Waals surface area contributed by atoms with Gasteiger partial charge in [-0.25, -0.2) is 0 Å². The molecule has 0 unspecified atom stereocenters. The van der Waals surface area contributed by atoms with Crippen LogP contribution in [-0.4, -0.2) is 16.1 Å². The second-order valence-corrected chi connectivity index (χ2v) is 4.90. The molecule has 0 aliphatic rings. The van der Waals surface area contributed by atoms with E-state index in [1.807, 2.05) is 22.9 Å². The van der Waals surface area contributed by atoms with Gasteiger partial charge in [-0.1, -0.05) is 32.1 Å². The van der Waals surface area contributed by atoms with Crippen LogP contribution in [0.1, 0.15) is 51.4 Å². The summed E-state index contributed by atoms with van der Waals surface area (Å²) in [6.45, 7) is 0.876. The quantitative estimate of drug-likeness (QED) is 0.198. The first kappa shape index (κ1) is 14.8. The van der Waals surface area contributed by atoms with E-state index in [4.69, 9.17) is 6.42 Å². The zero-order chi connectivity index (χ0) is 11.4. The Morgan fingerprint density at radius 3 is 2.13 bits per heavy atom. The van der Waals surface area contributed by atoms with Crippen LogP contribution < -0.4 is 0 Å². The number of carbonyl (C=O) groups excluding carboxylic acids is 1. The van der Waals surface area contributed by atoms with E-state index in [1.165, 1.54) is 38.5 Å². The highest BCUT2D eigenvalue weighted by Gasteiger charge is 1.95. The standard InChI is InChI=1S/C12H20INO/c1-2-3-4-5-6-7-8-9-10-11-14(13)12-15/h1,12H,3-11H2. The van der Waals surface area contributed by atoms with Gasteiger partial charge in [0.25, 0.3) is 0 Å². The zero-order valence-corrected chi connectivity index (χ0v) is 11.4. The molecule has 0 aromatic heterocycles. The van der Waals surface area contributed by atoms with Gasteiger partial charge in [-0.3, -0.25) is 7.91 Å². The molecule has 86 valence electrons. The lowest BCUT2D eigenvalue weighted by Crippen LogP contribution is -2.09. The van der Waals surface area contributed by atoms with Crippen LogP contribution in [0.5, 0.6) is 0 Å². The first-order chi connectivity index (χ1) is 7.31. The fraction of sp³-hybridized carbons (Fsp3) is 0.750. The van der Waals surface area contributed by atoms with Gasteiger partial charge in [-0.2, -0.15) is 0 Å². The van der Waals surface area contributed by atoms with Crippen molar-refractivity contribution in [3.63, 3.8) is 0 Å². The van der Waals surface area contributed by atoms with Crippen LogP contribution in [0.25, 0.3) is 0 Å². The number of hydrogen-bond donors (Lipinski definition) is 0. The van der Waals surface area contributed by atoms with E-state index in [1.54, 1.807) is 3.11 Å². The van der Waals surface area contributed by atoms with Crippen molar-refractivity contribution in [2.45, 2.75) is 51.4 Å². The summed E-state index contributed by atoms with van der Waals surface area (Å²) >= 11 is 2.04. The lowest BCUT2D eigenvalue weighted by molar-refractivity contribution is -0.113. The molecule has 0 aromatic carbocycles. The Balaban J connectivity index is 2.99. The van der Waals surface area contributed by atoms with Gasteiger partial charge in [0, 0.05) is 13.0 Å². The first-order valence-corrected chi connectivity index (χ1v) is 6.59. The normalized spacial score (nSPS) is 9.60. The van der Waals surface area contributed by atoms with Crippen LogP contribution >= 0.6 is 22.9 Å². The van der Waals surface area contributed by atoms with Gasteiger partial charge in [-0.15, -0.1) is 12.3 Å². The molecule has 0 heterocycles. The van der Waals surface area contributed by atoms with E-state index in [0.29, 0.717) is 0 Å². The average molecular weight is 321 g/mol. The topological polar surface area (TPSA) is 20.3 Å². The Hall–Kier alpha value is -0.240. The molecule has 15 heavy (non-hydrogen) atoms. The van der Waals surface area contributed by atoms with E-state index in [0.717, 1.165) is 25.8 Å². The third-order valence-electron chi connectivity index (χ3n) is 2.31. The molecule has 0 rings (SSSR count). The van der Waals surface area contributed by atoms with Gasteiger partial charge in [0.1, 0.15) is 0 Å². The van der Waals surface area contributed by atoms with Gasteiger partial charge in [-0.05, 0) is 12.8 Å². The molecule has 0 N–H and O–H groups in total. The van der Waals surface area contributed by atoms with E-state index >= 15 is 0 Å². The summed E-state index contributed by atoms with van der Waals surface area (Å²) in [6.07, 6.45) is 15.6. The molecule has 0 saturated heterocycles. The SMILES string of the molecule is C#CCCCCCCCCCN(I)C=O. The van der Waals surface area contributed by atoms with E-state index in [-0.39, 0.29) is 0 Å². The molecule has 0 atom stereocenters. The maximum atomic E-state index is 10.3. The molecule has 1 amide bonds. The molecule has 0 radical (unpaired) electrons. The Kier molecular flexibility index (Phi) is 11.6. The third kappa shape index (κ3) is 11.7. The fourth-order valence-electron chi connectivity index (χ4n) is 1.43. The van der Waals surface area contributed by atoms with Crippen LogP contribution in [0.4, 0.5) is 0 Å². The molecule has 0 spiro atoms. The van der Waals surface area contributed by atoms with Crippen molar-refractivity contribution in [2.75, 3.05) is 6.54 Å². The lowest BCUT2D eigenvalue weighted by Gasteiger charge is -2.06. The molecule has 0 aliphatic carbocycles. The molecule has 0 aromatic rings. The largest absolute Gasteiger partial charge is 0.288 e. The van der Waals surface area contributed by atoms with Gasteiger partial charge < -0.3 is 0 Å². The Labute approximate surface area is 107 Å². The van der Waals surface area contributed by atoms with Crippen LogP contribution in [0.2, 0.25) is 0 Å². The highest BCUT2D eigenvalue weighted by Crippen LogP contribution is 2.09. The fourth-order valence-corrected chi connectivity index (χ4v) is 1.77. The van der Waals surface area contributed by atoms with E-state index in [9.17, 15) is 4.79 Å². The predicted molar refractivity (Wildman–Crippen MR) is 72.6 cm³/mol. The summed E-state index contributed by atoms with van der Waals surface area (Å²) < 4.78 is 1.67. The summed E-state index contributed by atoms with van der Waals surface area (Å²) in [5.74, 6) is 2.66. The summed E-state index contributed by atoms with van der Waals surface area (Å²) in [6, 6.07) is 0. The number of carbonyl (C=O) groups is 1. The molecule has 2 nitrogen and oxygen atoms in total. The second kappa shape index (κ2) is 11.8. The molecule has 0 bridgehead atoms. The maximum absolute atomic E-state index is 10.3. The number of rotatable bonds is 10. The lowest BCUT2D eigenvalue weighted by atomic mass is 10.1. The minimum absolute atomic E-state index is 0.875. The summed E-state index contributed by atoms with van der Waals surface area (Å²) in [5.41, 5.74) is 0. The number of hydrogen-bond acceptors (Lipinski definition) is 1. The van der Waals surface area contributed by atoms with Gasteiger partial charge >= 0.3 is 0 Å². The van der Waals surface area contributed by atoms with E-state index < -0.39 is 0 Å². The minimum Gasteiger partial charge on any atom is -0.288 e. The average Bonchev–Trinajstić information content (AvgIpc) is 2.26. The molecular formula is C12H20INO. The molecule has 0 aliphatic heterocycles. The van der Waals surface area contributed by atoms with Gasteiger partial charge in [0.2, 0.25) is 6.41 Å². The van der Waals surface area contributed by atoms with Gasteiger partial charge in [0.15, 0.2) is 0 Å². The van der Waals surface area contributed by atoms with Crippen molar-refractivity contribution < 1.29 is 4.79 Å². The summed E-state index contributed by atoms with van der Waals surface area (Å²) in [5, 5.41) is 0. The van der Waals surface area contributed by atoms with Crippen LogP contribution in [0.3, 0.4) is 0 Å². The number of halogens is 1. The number of unbranched alkanes of at least 4 members (excludes halogenated alkanes) is 7. The Morgan fingerprint density at radius 2 is 1.60 bits per heavy atom. The van der Waals surface area contributed by atoms with Crippen molar-refractivity contribution in [1.82, 2.24) is 3.11 Å². The molecule has 3 heteroatoms. The molecular weight excluding hydrogens is 301 g/mol. The highest BCUT2D eigenvalue weighted by molar-refractivity contribution is 14.1. The second-order valence-electron chi connectivity index (χ2n) is 3.66. The maximum Gasteiger partial charge on any atom is 0.218 e. The van der Waals surface area contributed by atoms with Gasteiger partial charge in [0.05, 0.1) is 22.9 Å². The van der Waals surface area contributed by atoms with E-state index in [2.05, 4.69) is 5.92 Å². The first-order valence-electron chi connectivity index (χ1n) is 5.62. The van der Waals surface area contributed by atoms with Crippen molar-refractivity contribution in [3.8, 4) is 12.3 Å². The van der Waals surface area contributed by atoms with Crippen molar-refractivity contribution in [1.29, 1.82) is 0 Å². The number of amides is 1. The van der Waals surface area contributed by atoms with Crippen LogP contribution in [-0.2, 0) is 4.79 Å². The predicted octanol–water partition coefficient (Wildman–Crippen LogP) is 3.55.